The summed E-state index contributed by atoms with van der Waals surface area (Å²) >= 11 is 0. The molecule has 0 rings (SSSR count). The van der Waals surface area contributed by atoms with Crippen LogP contribution in [0.5, 0.6) is 0 Å². The van der Waals surface area contributed by atoms with Crippen molar-refractivity contribution < 1.29 is 24.3 Å². The SMILES string of the molecule is NC(=O)CCC(N)C(=O)NC(CCC(N)=O)C(=O)O. The Hall–Kier alpha value is -2.16. The number of carbonyl (C=O) groups excluding carboxylic acids is 3. The van der Waals surface area contributed by atoms with Crippen LogP contribution in [-0.4, -0.2) is 40.9 Å². The molecule has 0 saturated heterocycles. The Kier molecular flexibility index (Phi) is 7.12. The zero-order valence-electron chi connectivity index (χ0n) is 10.3. The van der Waals surface area contributed by atoms with Gasteiger partial charge in [-0.25, -0.2) is 4.79 Å². The molecule has 0 radical (unpaired) electrons. The third-order valence-electron chi connectivity index (χ3n) is 2.33. The molecular weight excluding hydrogens is 256 g/mol. The average Bonchev–Trinajstić information content (AvgIpc) is 2.30. The summed E-state index contributed by atoms with van der Waals surface area (Å²) in [4.78, 5) is 43.5. The summed E-state index contributed by atoms with van der Waals surface area (Å²) in [5, 5.41) is 11.0. The molecule has 0 aliphatic rings. The first-order valence-corrected chi connectivity index (χ1v) is 5.59. The van der Waals surface area contributed by atoms with Gasteiger partial charge in [-0.15, -0.1) is 0 Å². The fraction of sp³-hybridized carbons (Fsp3) is 0.600. The van der Waals surface area contributed by atoms with Crippen molar-refractivity contribution in [3.8, 4) is 0 Å². The monoisotopic (exact) mass is 274 g/mol. The second-order valence-corrected chi connectivity index (χ2v) is 4.02. The van der Waals surface area contributed by atoms with E-state index in [0.29, 0.717) is 0 Å². The van der Waals surface area contributed by atoms with E-state index in [9.17, 15) is 19.2 Å². The molecule has 19 heavy (non-hydrogen) atoms. The number of nitrogens with one attached hydrogen (secondary N) is 1. The molecule has 0 aromatic carbocycles. The number of carboxylic acids is 1. The van der Waals surface area contributed by atoms with E-state index in [1.165, 1.54) is 0 Å². The van der Waals surface area contributed by atoms with E-state index in [1.807, 2.05) is 0 Å². The third-order valence-corrected chi connectivity index (χ3v) is 2.33. The second kappa shape index (κ2) is 8.03. The van der Waals surface area contributed by atoms with Gasteiger partial charge >= 0.3 is 5.97 Å². The third kappa shape index (κ3) is 7.71. The first-order chi connectivity index (χ1) is 8.73. The van der Waals surface area contributed by atoms with Crippen LogP contribution in [0.2, 0.25) is 0 Å². The number of amides is 3. The molecule has 0 aliphatic heterocycles. The molecule has 0 aliphatic carbocycles. The van der Waals surface area contributed by atoms with Crippen molar-refractivity contribution >= 4 is 23.7 Å². The molecule has 0 spiro atoms. The van der Waals surface area contributed by atoms with Gasteiger partial charge < -0.3 is 27.6 Å². The number of primary amides is 2. The average molecular weight is 274 g/mol. The van der Waals surface area contributed by atoms with E-state index in [1.54, 1.807) is 0 Å². The van der Waals surface area contributed by atoms with E-state index in [0.717, 1.165) is 0 Å². The van der Waals surface area contributed by atoms with Gasteiger partial charge in [0.25, 0.3) is 0 Å². The van der Waals surface area contributed by atoms with Gasteiger partial charge in [0.1, 0.15) is 6.04 Å². The maximum Gasteiger partial charge on any atom is 0.326 e. The normalized spacial score (nSPS) is 13.3. The van der Waals surface area contributed by atoms with Crippen LogP contribution in [0.4, 0.5) is 0 Å². The van der Waals surface area contributed by atoms with Crippen LogP contribution in [0.1, 0.15) is 25.7 Å². The van der Waals surface area contributed by atoms with Crippen molar-refractivity contribution in [2.45, 2.75) is 37.8 Å². The van der Waals surface area contributed by atoms with Crippen LogP contribution in [0.15, 0.2) is 0 Å². The largest absolute Gasteiger partial charge is 0.480 e. The van der Waals surface area contributed by atoms with Gasteiger partial charge in [-0.2, -0.15) is 0 Å². The Balaban J connectivity index is 4.33. The molecule has 0 fully saturated rings. The molecule has 9 nitrogen and oxygen atoms in total. The molecule has 0 saturated carbocycles. The quantitative estimate of drug-likeness (QED) is 0.308. The number of carboxylic acid groups (broad SMARTS) is 1. The van der Waals surface area contributed by atoms with Crippen molar-refractivity contribution in [1.29, 1.82) is 0 Å². The first kappa shape index (κ1) is 16.8. The molecule has 3 amide bonds. The lowest BCUT2D eigenvalue weighted by Gasteiger charge is -2.17. The molecule has 108 valence electrons. The van der Waals surface area contributed by atoms with Gasteiger partial charge in [0, 0.05) is 12.8 Å². The Morgan fingerprint density at radius 1 is 1.00 bits per heavy atom. The summed E-state index contributed by atoms with van der Waals surface area (Å²) < 4.78 is 0. The van der Waals surface area contributed by atoms with Crippen LogP contribution < -0.4 is 22.5 Å². The summed E-state index contributed by atoms with van der Waals surface area (Å²) in [5.41, 5.74) is 15.3. The minimum absolute atomic E-state index is 0.0172. The van der Waals surface area contributed by atoms with Crippen LogP contribution >= 0.6 is 0 Å². The number of hydrogen-bond donors (Lipinski definition) is 5. The summed E-state index contributed by atoms with van der Waals surface area (Å²) in [6.07, 6.45) is -0.357. The highest BCUT2D eigenvalue weighted by molar-refractivity contribution is 5.87. The van der Waals surface area contributed by atoms with Gasteiger partial charge in [0.15, 0.2) is 0 Å². The highest BCUT2D eigenvalue weighted by Crippen LogP contribution is 2.00. The summed E-state index contributed by atoms with van der Waals surface area (Å²) in [5.74, 6) is -3.29. The van der Waals surface area contributed by atoms with Crippen molar-refractivity contribution in [2.24, 2.45) is 17.2 Å². The molecule has 2 unspecified atom stereocenters. The molecule has 0 aromatic rings. The molecular formula is C10H18N4O5. The minimum Gasteiger partial charge on any atom is -0.480 e. The Bertz CT molecular complexity index is 371. The highest BCUT2D eigenvalue weighted by Gasteiger charge is 2.23. The topological polar surface area (TPSA) is 179 Å². The lowest BCUT2D eigenvalue weighted by Crippen LogP contribution is -2.48. The molecule has 0 heterocycles. The predicted octanol–water partition coefficient (Wildman–Crippen LogP) is -2.59. The minimum atomic E-state index is -1.29. The van der Waals surface area contributed by atoms with Crippen molar-refractivity contribution in [3.63, 3.8) is 0 Å². The first-order valence-electron chi connectivity index (χ1n) is 5.59. The molecule has 8 N–H and O–H groups in total. The molecule has 0 bridgehead atoms. The standard InChI is InChI=1S/C10H18N4O5/c11-5(1-3-7(12)15)9(17)14-6(10(18)19)2-4-8(13)16/h5-6H,1-4,11H2,(H2,12,15)(H2,13,16)(H,14,17)(H,18,19). The van der Waals surface area contributed by atoms with E-state index in [4.69, 9.17) is 22.3 Å². The number of nitrogens with two attached hydrogens (primary N) is 3. The van der Waals surface area contributed by atoms with Gasteiger partial charge in [-0.05, 0) is 12.8 Å². The van der Waals surface area contributed by atoms with E-state index in [-0.39, 0.29) is 25.7 Å². The van der Waals surface area contributed by atoms with Crippen LogP contribution in [0.25, 0.3) is 0 Å². The Labute approximate surface area is 109 Å². The number of rotatable bonds is 9. The smallest absolute Gasteiger partial charge is 0.326 e. The predicted molar refractivity (Wildman–Crippen MR) is 64.4 cm³/mol. The molecule has 9 heteroatoms. The van der Waals surface area contributed by atoms with Crippen molar-refractivity contribution in [1.82, 2.24) is 5.32 Å². The summed E-state index contributed by atoms with van der Waals surface area (Å²) in [6.45, 7) is 0. The molecule has 2 atom stereocenters. The van der Waals surface area contributed by atoms with E-state index < -0.39 is 35.8 Å². The van der Waals surface area contributed by atoms with Crippen molar-refractivity contribution in [3.05, 3.63) is 0 Å². The second-order valence-electron chi connectivity index (χ2n) is 4.02. The van der Waals surface area contributed by atoms with Crippen LogP contribution in [0.3, 0.4) is 0 Å². The number of carbonyl (C=O) groups is 4. The van der Waals surface area contributed by atoms with Gasteiger partial charge in [-0.1, -0.05) is 0 Å². The van der Waals surface area contributed by atoms with E-state index in [2.05, 4.69) is 5.32 Å². The lowest BCUT2D eigenvalue weighted by molar-refractivity contribution is -0.142. The van der Waals surface area contributed by atoms with Gasteiger partial charge in [0.2, 0.25) is 17.7 Å². The van der Waals surface area contributed by atoms with Crippen LogP contribution in [0, 0.1) is 0 Å². The maximum atomic E-state index is 11.5. The fourth-order valence-corrected chi connectivity index (χ4v) is 1.25. The van der Waals surface area contributed by atoms with Crippen LogP contribution in [-0.2, 0) is 19.2 Å². The van der Waals surface area contributed by atoms with Gasteiger partial charge in [-0.3, -0.25) is 14.4 Å². The molecule has 0 aromatic heterocycles. The summed E-state index contributed by atoms with van der Waals surface area (Å²) in [6, 6.07) is -2.29. The zero-order valence-corrected chi connectivity index (χ0v) is 10.3. The van der Waals surface area contributed by atoms with Gasteiger partial charge in [0.05, 0.1) is 6.04 Å². The van der Waals surface area contributed by atoms with Crippen molar-refractivity contribution in [2.75, 3.05) is 0 Å². The Morgan fingerprint density at radius 3 is 1.89 bits per heavy atom. The highest BCUT2D eigenvalue weighted by atomic mass is 16.4. The Morgan fingerprint density at radius 2 is 1.47 bits per heavy atom. The van der Waals surface area contributed by atoms with E-state index >= 15 is 0 Å². The number of hydrogen-bond acceptors (Lipinski definition) is 5. The zero-order chi connectivity index (χ0) is 15.0. The summed E-state index contributed by atoms with van der Waals surface area (Å²) in [7, 11) is 0. The lowest BCUT2D eigenvalue weighted by atomic mass is 10.1. The number of aliphatic carboxylic acids is 1. The maximum absolute atomic E-state index is 11.5. The fourth-order valence-electron chi connectivity index (χ4n) is 1.25.